The van der Waals surface area contributed by atoms with Crippen LogP contribution in [0.2, 0.25) is 19.1 Å². The van der Waals surface area contributed by atoms with Crippen LogP contribution < -0.4 is 11.3 Å². The zero-order valence-electron chi connectivity index (χ0n) is 7.72. The van der Waals surface area contributed by atoms with Crippen molar-refractivity contribution in [1.29, 1.82) is 0 Å². The SMILES string of the molecule is CC1CN(CNN)[Si](C)(C)C1. The van der Waals surface area contributed by atoms with Gasteiger partial charge in [0.05, 0.1) is 6.67 Å². The van der Waals surface area contributed by atoms with Crippen molar-refractivity contribution in [2.24, 2.45) is 11.8 Å². The van der Waals surface area contributed by atoms with E-state index >= 15 is 0 Å². The minimum atomic E-state index is -1.06. The zero-order valence-corrected chi connectivity index (χ0v) is 8.72. The molecule has 0 aromatic carbocycles. The van der Waals surface area contributed by atoms with E-state index in [4.69, 9.17) is 5.84 Å². The molecule has 1 unspecified atom stereocenters. The van der Waals surface area contributed by atoms with Gasteiger partial charge in [-0.3, -0.25) is 5.84 Å². The molecule has 1 heterocycles. The second kappa shape index (κ2) is 3.22. The highest BCUT2D eigenvalue weighted by Crippen LogP contribution is 2.28. The Morgan fingerprint density at radius 2 is 2.27 bits per heavy atom. The van der Waals surface area contributed by atoms with Gasteiger partial charge in [-0.2, -0.15) is 0 Å². The number of nitrogens with two attached hydrogens (primary N) is 1. The first-order valence-electron chi connectivity index (χ1n) is 4.25. The van der Waals surface area contributed by atoms with Gasteiger partial charge in [-0.05, 0) is 18.5 Å². The van der Waals surface area contributed by atoms with Crippen molar-refractivity contribution in [3.05, 3.63) is 0 Å². The average Bonchev–Trinajstić information content (AvgIpc) is 2.07. The lowest BCUT2D eigenvalue weighted by Crippen LogP contribution is -2.49. The lowest BCUT2D eigenvalue weighted by molar-refractivity contribution is 0.387. The van der Waals surface area contributed by atoms with E-state index in [1.54, 1.807) is 0 Å². The van der Waals surface area contributed by atoms with E-state index < -0.39 is 8.24 Å². The zero-order chi connectivity index (χ0) is 8.48. The van der Waals surface area contributed by atoms with Crippen LogP contribution in [0.25, 0.3) is 0 Å². The fourth-order valence-corrected chi connectivity index (χ4v) is 5.48. The number of hydrogen-bond acceptors (Lipinski definition) is 3. The molecule has 1 rings (SSSR count). The molecule has 1 saturated heterocycles. The molecule has 11 heavy (non-hydrogen) atoms. The maximum atomic E-state index is 5.31. The van der Waals surface area contributed by atoms with Gasteiger partial charge in [0.1, 0.15) is 8.24 Å². The molecule has 66 valence electrons. The van der Waals surface area contributed by atoms with Crippen LogP contribution in [0, 0.1) is 5.92 Å². The minimum absolute atomic E-state index is 0.865. The normalized spacial score (nSPS) is 31.1. The molecule has 0 spiro atoms. The smallest absolute Gasteiger partial charge is 0.123 e. The molecule has 4 heteroatoms. The molecular weight excluding hydrogens is 154 g/mol. The van der Waals surface area contributed by atoms with E-state index in [-0.39, 0.29) is 0 Å². The topological polar surface area (TPSA) is 41.3 Å². The van der Waals surface area contributed by atoms with E-state index in [1.807, 2.05) is 0 Å². The summed E-state index contributed by atoms with van der Waals surface area (Å²) in [4.78, 5) is 0. The van der Waals surface area contributed by atoms with Gasteiger partial charge < -0.3 is 4.57 Å². The highest BCUT2D eigenvalue weighted by atomic mass is 28.3. The summed E-state index contributed by atoms with van der Waals surface area (Å²) in [5.41, 5.74) is 2.75. The van der Waals surface area contributed by atoms with E-state index in [0.717, 1.165) is 12.6 Å². The monoisotopic (exact) mass is 173 g/mol. The van der Waals surface area contributed by atoms with Crippen molar-refractivity contribution in [3.63, 3.8) is 0 Å². The fourth-order valence-electron chi connectivity index (χ4n) is 2.06. The summed E-state index contributed by atoms with van der Waals surface area (Å²) in [6.45, 7) is 9.24. The van der Waals surface area contributed by atoms with Gasteiger partial charge in [0.15, 0.2) is 0 Å². The number of hydrazine groups is 1. The van der Waals surface area contributed by atoms with E-state index in [0.29, 0.717) is 0 Å². The molecule has 1 aliphatic heterocycles. The summed E-state index contributed by atoms with van der Waals surface area (Å²) in [6.07, 6.45) is 0. The first-order valence-corrected chi connectivity index (χ1v) is 7.40. The third-order valence-corrected chi connectivity index (χ3v) is 6.27. The summed E-state index contributed by atoms with van der Waals surface area (Å²) < 4.78 is 2.53. The van der Waals surface area contributed by atoms with Crippen LogP contribution in [0.15, 0.2) is 0 Å². The van der Waals surface area contributed by atoms with Gasteiger partial charge >= 0.3 is 0 Å². The van der Waals surface area contributed by atoms with Gasteiger partial charge in [0, 0.05) is 0 Å². The van der Waals surface area contributed by atoms with Crippen molar-refractivity contribution >= 4 is 8.24 Å². The largest absolute Gasteiger partial charge is 0.311 e. The minimum Gasteiger partial charge on any atom is -0.311 e. The molecule has 0 amide bonds. The third kappa shape index (κ3) is 2.02. The van der Waals surface area contributed by atoms with Gasteiger partial charge in [-0.25, -0.2) is 5.43 Å². The molecule has 1 fully saturated rings. The number of nitrogens with zero attached hydrogens (tertiary/aromatic N) is 1. The molecule has 1 aliphatic rings. The molecular formula is C7H19N3Si. The lowest BCUT2D eigenvalue weighted by atomic mass is 10.2. The molecule has 0 aliphatic carbocycles. The second-order valence-corrected chi connectivity index (χ2v) is 8.87. The highest BCUT2D eigenvalue weighted by Gasteiger charge is 2.37. The van der Waals surface area contributed by atoms with Gasteiger partial charge in [-0.15, -0.1) is 0 Å². The van der Waals surface area contributed by atoms with E-state index in [9.17, 15) is 0 Å². The first kappa shape index (κ1) is 9.19. The quantitative estimate of drug-likeness (QED) is 0.364. The molecule has 3 N–H and O–H groups in total. The predicted molar refractivity (Wildman–Crippen MR) is 50.3 cm³/mol. The van der Waals surface area contributed by atoms with Gasteiger partial charge in [0.2, 0.25) is 0 Å². The van der Waals surface area contributed by atoms with Crippen LogP contribution >= 0.6 is 0 Å². The molecule has 0 bridgehead atoms. The number of rotatable bonds is 2. The van der Waals surface area contributed by atoms with Crippen LogP contribution in [-0.2, 0) is 0 Å². The molecule has 3 nitrogen and oxygen atoms in total. The van der Waals surface area contributed by atoms with Gasteiger partial charge in [0.25, 0.3) is 0 Å². The number of hydrogen-bond donors (Lipinski definition) is 2. The van der Waals surface area contributed by atoms with Crippen molar-refractivity contribution in [1.82, 2.24) is 9.99 Å². The van der Waals surface area contributed by atoms with E-state index in [1.165, 1.54) is 12.6 Å². The van der Waals surface area contributed by atoms with Crippen LogP contribution in [0.3, 0.4) is 0 Å². The number of nitrogens with one attached hydrogen (secondary N) is 1. The van der Waals surface area contributed by atoms with Crippen LogP contribution in [0.5, 0.6) is 0 Å². The molecule has 0 aromatic heterocycles. The summed E-state index contributed by atoms with van der Waals surface area (Å²) >= 11 is 0. The van der Waals surface area contributed by atoms with Crippen molar-refractivity contribution < 1.29 is 0 Å². The van der Waals surface area contributed by atoms with Crippen LogP contribution in [0.1, 0.15) is 6.92 Å². The molecule has 1 atom stereocenters. The summed E-state index contributed by atoms with van der Waals surface area (Å²) in [5.74, 6) is 6.17. The Morgan fingerprint density at radius 3 is 2.64 bits per heavy atom. The van der Waals surface area contributed by atoms with Crippen molar-refractivity contribution in [2.75, 3.05) is 13.2 Å². The maximum absolute atomic E-state index is 5.31. The average molecular weight is 173 g/mol. The van der Waals surface area contributed by atoms with Crippen LogP contribution in [0.4, 0.5) is 0 Å². The standard InChI is InChI=1S/C7H19N3Si/c1-7-4-10(6-9-8)11(2,3)5-7/h7,9H,4-6,8H2,1-3H3. The molecule has 0 aromatic rings. The van der Waals surface area contributed by atoms with Crippen LogP contribution in [-0.4, -0.2) is 26.0 Å². The Labute approximate surface area is 70.0 Å². The second-order valence-electron chi connectivity index (χ2n) is 4.21. The van der Waals surface area contributed by atoms with Crippen molar-refractivity contribution in [3.8, 4) is 0 Å². The maximum Gasteiger partial charge on any atom is 0.123 e. The molecule has 0 saturated carbocycles. The molecule has 0 radical (unpaired) electrons. The Hall–Kier alpha value is 0.0969. The highest BCUT2D eigenvalue weighted by molar-refractivity contribution is 6.75. The first-order chi connectivity index (χ1) is 5.06. The Bertz CT molecular complexity index is 138. The van der Waals surface area contributed by atoms with E-state index in [2.05, 4.69) is 30.0 Å². The summed E-state index contributed by atoms with van der Waals surface area (Å²) in [5, 5.41) is 0. The van der Waals surface area contributed by atoms with Gasteiger partial charge in [-0.1, -0.05) is 20.0 Å². The predicted octanol–water partition coefficient (Wildman–Crippen LogP) is 0.564. The summed E-state index contributed by atoms with van der Waals surface area (Å²) in [6, 6.07) is 1.41. The summed E-state index contributed by atoms with van der Waals surface area (Å²) in [7, 11) is -1.06. The van der Waals surface area contributed by atoms with Crippen molar-refractivity contribution in [2.45, 2.75) is 26.1 Å². The Morgan fingerprint density at radius 1 is 1.64 bits per heavy atom. The Kier molecular flexibility index (Phi) is 2.69. The third-order valence-electron chi connectivity index (χ3n) is 2.52. The Balaban J connectivity index is 2.51. The lowest BCUT2D eigenvalue weighted by Gasteiger charge is -2.28. The fraction of sp³-hybridized carbons (Fsp3) is 1.00.